The molecule has 1 aliphatic rings. The van der Waals surface area contributed by atoms with E-state index in [0.717, 1.165) is 19.5 Å². The molecule has 1 aliphatic heterocycles. The monoisotopic (exact) mass is 287 g/mol. The first-order chi connectivity index (χ1) is 9.76. The van der Waals surface area contributed by atoms with Gasteiger partial charge < -0.3 is 5.32 Å². The predicted molar refractivity (Wildman–Crippen MR) is 84.1 cm³/mol. The van der Waals surface area contributed by atoms with Crippen LogP contribution in [0.3, 0.4) is 0 Å². The van der Waals surface area contributed by atoms with Crippen LogP contribution in [0.25, 0.3) is 0 Å². The Balaban J connectivity index is 1.52. The highest BCUT2D eigenvalue weighted by molar-refractivity contribution is 8.00. The number of hydrogen-bond acceptors (Lipinski definition) is 3. The molecule has 106 valence electrons. The fourth-order valence-electron chi connectivity index (χ4n) is 2.76. The molecular formula is C16H21N3S. The Labute approximate surface area is 124 Å². The van der Waals surface area contributed by atoms with Crippen LogP contribution < -0.4 is 5.32 Å². The molecule has 1 unspecified atom stereocenters. The second-order valence-corrected chi connectivity index (χ2v) is 6.65. The van der Waals surface area contributed by atoms with Gasteiger partial charge in [0.1, 0.15) is 0 Å². The van der Waals surface area contributed by atoms with Crippen LogP contribution in [0.4, 0.5) is 0 Å². The highest BCUT2D eigenvalue weighted by Gasteiger charge is 2.21. The topological polar surface area (TPSA) is 29.9 Å². The molecule has 1 N–H and O–H groups in total. The molecule has 2 heterocycles. The predicted octanol–water partition coefficient (Wildman–Crippen LogP) is 2.79. The normalized spacial score (nSPS) is 17.4. The van der Waals surface area contributed by atoms with E-state index in [1.54, 1.807) is 0 Å². The van der Waals surface area contributed by atoms with Crippen LogP contribution in [0.5, 0.6) is 0 Å². The maximum atomic E-state index is 4.48. The van der Waals surface area contributed by atoms with Gasteiger partial charge in [0.05, 0.1) is 5.69 Å². The van der Waals surface area contributed by atoms with Crippen LogP contribution in [0.2, 0.25) is 0 Å². The number of aromatic nitrogens is 2. The van der Waals surface area contributed by atoms with Gasteiger partial charge in [-0.3, -0.25) is 4.68 Å². The zero-order valence-electron chi connectivity index (χ0n) is 12.1. The van der Waals surface area contributed by atoms with Gasteiger partial charge in [-0.1, -0.05) is 25.1 Å². The smallest absolute Gasteiger partial charge is 0.0666 e. The van der Waals surface area contributed by atoms with E-state index < -0.39 is 0 Å². The minimum absolute atomic E-state index is 0.661. The summed E-state index contributed by atoms with van der Waals surface area (Å²) in [6.07, 6.45) is 4.31. The van der Waals surface area contributed by atoms with Crippen molar-refractivity contribution in [1.29, 1.82) is 0 Å². The zero-order valence-corrected chi connectivity index (χ0v) is 12.9. The lowest BCUT2D eigenvalue weighted by molar-refractivity contribution is 0.661. The minimum atomic E-state index is 0.661. The van der Waals surface area contributed by atoms with E-state index >= 15 is 0 Å². The van der Waals surface area contributed by atoms with E-state index in [4.69, 9.17) is 0 Å². The van der Waals surface area contributed by atoms with Crippen molar-refractivity contribution < 1.29 is 0 Å². The number of benzene rings is 1. The maximum Gasteiger partial charge on any atom is 0.0666 e. The van der Waals surface area contributed by atoms with Gasteiger partial charge in [0.25, 0.3) is 0 Å². The molecule has 1 atom stereocenters. The average Bonchev–Trinajstić information content (AvgIpc) is 3.01. The van der Waals surface area contributed by atoms with Crippen molar-refractivity contribution in [3.63, 3.8) is 0 Å². The van der Waals surface area contributed by atoms with Gasteiger partial charge >= 0.3 is 0 Å². The number of thioether (sulfide) groups is 1. The molecule has 3 nitrogen and oxygen atoms in total. The van der Waals surface area contributed by atoms with Crippen LogP contribution in [0, 0.1) is 0 Å². The summed E-state index contributed by atoms with van der Waals surface area (Å²) in [5.41, 5.74) is 4.04. The average molecular weight is 287 g/mol. The van der Waals surface area contributed by atoms with Crippen molar-refractivity contribution in [1.82, 2.24) is 15.1 Å². The molecule has 0 fully saturated rings. The Morgan fingerprint density at radius 2 is 2.25 bits per heavy atom. The highest BCUT2D eigenvalue weighted by Crippen LogP contribution is 2.36. The van der Waals surface area contributed by atoms with Gasteiger partial charge in [0, 0.05) is 42.0 Å². The SMILES string of the molecule is CCc1nn(C)cc1CNCC1Cc2ccccc2S1. The van der Waals surface area contributed by atoms with Gasteiger partial charge in [-0.05, 0) is 24.5 Å². The molecule has 1 aromatic heterocycles. The van der Waals surface area contributed by atoms with Gasteiger partial charge in [0.15, 0.2) is 0 Å². The van der Waals surface area contributed by atoms with Gasteiger partial charge in [-0.15, -0.1) is 11.8 Å². The Morgan fingerprint density at radius 3 is 3.05 bits per heavy atom. The molecule has 0 spiro atoms. The lowest BCUT2D eigenvalue weighted by atomic mass is 10.1. The van der Waals surface area contributed by atoms with Crippen LogP contribution >= 0.6 is 11.8 Å². The molecular weight excluding hydrogens is 266 g/mol. The second-order valence-electron chi connectivity index (χ2n) is 5.31. The number of aryl methyl sites for hydroxylation is 2. The van der Waals surface area contributed by atoms with Crippen molar-refractivity contribution in [2.75, 3.05) is 6.54 Å². The third-order valence-electron chi connectivity index (χ3n) is 3.73. The van der Waals surface area contributed by atoms with E-state index in [1.807, 2.05) is 23.5 Å². The van der Waals surface area contributed by atoms with Crippen molar-refractivity contribution in [2.45, 2.75) is 36.5 Å². The van der Waals surface area contributed by atoms with Crippen LogP contribution in [0.15, 0.2) is 35.4 Å². The fourth-order valence-corrected chi connectivity index (χ4v) is 4.05. The quantitative estimate of drug-likeness (QED) is 0.917. The molecule has 4 heteroatoms. The van der Waals surface area contributed by atoms with Gasteiger partial charge in [0.2, 0.25) is 0 Å². The molecule has 2 aromatic rings. The summed E-state index contributed by atoms with van der Waals surface area (Å²) >= 11 is 2.00. The number of fused-ring (bicyclic) bond motifs is 1. The number of rotatable bonds is 5. The highest BCUT2D eigenvalue weighted by atomic mass is 32.2. The number of nitrogens with zero attached hydrogens (tertiary/aromatic N) is 2. The first-order valence-electron chi connectivity index (χ1n) is 7.23. The van der Waals surface area contributed by atoms with Crippen molar-refractivity contribution in [3.05, 3.63) is 47.3 Å². The summed E-state index contributed by atoms with van der Waals surface area (Å²) in [4.78, 5) is 1.45. The maximum absolute atomic E-state index is 4.48. The molecule has 3 rings (SSSR count). The first-order valence-corrected chi connectivity index (χ1v) is 8.11. The second kappa shape index (κ2) is 6.02. The van der Waals surface area contributed by atoms with E-state index in [9.17, 15) is 0 Å². The standard InChI is InChI=1S/C16H21N3S/c1-3-15-13(11-19(2)18-15)9-17-10-14-8-12-6-4-5-7-16(12)20-14/h4-7,11,14,17H,3,8-10H2,1-2H3. The molecule has 20 heavy (non-hydrogen) atoms. The molecule has 0 amide bonds. The summed E-state index contributed by atoms with van der Waals surface area (Å²) in [6, 6.07) is 8.75. The summed E-state index contributed by atoms with van der Waals surface area (Å²) < 4.78 is 1.91. The molecule has 0 bridgehead atoms. The van der Waals surface area contributed by atoms with Crippen molar-refractivity contribution in [3.8, 4) is 0 Å². The Kier molecular flexibility index (Phi) is 4.13. The van der Waals surface area contributed by atoms with Crippen LogP contribution in [-0.4, -0.2) is 21.6 Å². The minimum Gasteiger partial charge on any atom is -0.311 e. The van der Waals surface area contributed by atoms with E-state index in [-0.39, 0.29) is 0 Å². The summed E-state index contributed by atoms with van der Waals surface area (Å²) in [7, 11) is 1.99. The third-order valence-corrected chi connectivity index (χ3v) is 5.05. The fraction of sp³-hybridized carbons (Fsp3) is 0.438. The molecule has 1 aromatic carbocycles. The molecule has 0 radical (unpaired) electrons. The lowest BCUT2D eigenvalue weighted by Gasteiger charge is -2.09. The Morgan fingerprint density at radius 1 is 1.40 bits per heavy atom. The van der Waals surface area contributed by atoms with Gasteiger partial charge in [-0.25, -0.2) is 0 Å². The lowest BCUT2D eigenvalue weighted by Crippen LogP contribution is -2.24. The molecule has 0 saturated heterocycles. The Hall–Kier alpha value is -1.26. The van der Waals surface area contributed by atoms with Crippen molar-refractivity contribution >= 4 is 11.8 Å². The van der Waals surface area contributed by atoms with E-state index in [1.165, 1.54) is 28.1 Å². The van der Waals surface area contributed by atoms with Gasteiger partial charge in [-0.2, -0.15) is 5.10 Å². The summed E-state index contributed by atoms with van der Waals surface area (Å²) in [6.45, 7) is 4.14. The van der Waals surface area contributed by atoms with Crippen LogP contribution in [0.1, 0.15) is 23.7 Å². The Bertz CT molecular complexity index is 566. The van der Waals surface area contributed by atoms with Crippen LogP contribution in [-0.2, 0) is 26.4 Å². The zero-order chi connectivity index (χ0) is 13.9. The largest absolute Gasteiger partial charge is 0.311 e. The number of nitrogens with one attached hydrogen (secondary N) is 1. The van der Waals surface area contributed by atoms with E-state index in [0.29, 0.717) is 5.25 Å². The summed E-state index contributed by atoms with van der Waals surface area (Å²) in [5.74, 6) is 0. The number of hydrogen-bond donors (Lipinski definition) is 1. The first kappa shape index (κ1) is 13.7. The summed E-state index contributed by atoms with van der Waals surface area (Å²) in [5, 5.41) is 8.74. The van der Waals surface area contributed by atoms with Crippen molar-refractivity contribution in [2.24, 2.45) is 7.05 Å². The third kappa shape index (κ3) is 2.91. The van der Waals surface area contributed by atoms with E-state index in [2.05, 4.69) is 47.8 Å². The molecule has 0 aliphatic carbocycles. The molecule has 0 saturated carbocycles.